The molecular weight excluding hydrogens is 218 g/mol. The molecular formula is C12H19N3S. The molecule has 1 fully saturated rings. The first-order chi connectivity index (χ1) is 7.81. The number of aromatic nitrogens is 1. The summed E-state index contributed by atoms with van der Waals surface area (Å²) >= 11 is 2.02. The summed E-state index contributed by atoms with van der Waals surface area (Å²) in [6.45, 7) is 4.35. The lowest BCUT2D eigenvalue weighted by Gasteiger charge is -2.28. The monoisotopic (exact) mass is 237 g/mol. The maximum Gasteiger partial charge on any atom is 0.0572 e. The molecule has 1 aliphatic heterocycles. The Labute approximate surface area is 101 Å². The van der Waals surface area contributed by atoms with Crippen LogP contribution in [0.15, 0.2) is 18.3 Å². The molecule has 2 rings (SSSR count). The lowest BCUT2D eigenvalue weighted by Crippen LogP contribution is -2.32. The van der Waals surface area contributed by atoms with E-state index in [4.69, 9.17) is 5.73 Å². The maximum atomic E-state index is 5.94. The van der Waals surface area contributed by atoms with Crippen LogP contribution >= 0.6 is 11.8 Å². The van der Waals surface area contributed by atoms with Crippen LogP contribution in [0.25, 0.3) is 0 Å². The van der Waals surface area contributed by atoms with Crippen LogP contribution in [0, 0.1) is 0 Å². The molecule has 1 aromatic heterocycles. The normalized spacial score (nSPS) is 18.5. The smallest absolute Gasteiger partial charge is 0.0572 e. The third-order valence-electron chi connectivity index (χ3n) is 2.97. The van der Waals surface area contributed by atoms with E-state index in [9.17, 15) is 0 Å². The Morgan fingerprint density at radius 3 is 2.75 bits per heavy atom. The minimum absolute atomic E-state index is 0.0750. The summed E-state index contributed by atoms with van der Waals surface area (Å²) in [6.07, 6.45) is 2.90. The zero-order valence-corrected chi connectivity index (χ0v) is 10.5. The van der Waals surface area contributed by atoms with Crippen molar-refractivity contribution in [1.29, 1.82) is 0 Å². The number of rotatable bonds is 3. The Morgan fingerprint density at radius 1 is 1.44 bits per heavy atom. The highest BCUT2D eigenvalue weighted by Crippen LogP contribution is 2.20. The highest BCUT2D eigenvalue weighted by molar-refractivity contribution is 7.99. The lowest BCUT2D eigenvalue weighted by atomic mass is 10.1. The minimum atomic E-state index is 0.0750. The number of nitrogens with zero attached hydrogens (tertiary/aromatic N) is 2. The summed E-state index contributed by atoms with van der Waals surface area (Å²) < 4.78 is 0. The molecule has 0 saturated carbocycles. The molecule has 4 heteroatoms. The van der Waals surface area contributed by atoms with Gasteiger partial charge in [0, 0.05) is 30.6 Å². The van der Waals surface area contributed by atoms with Gasteiger partial charge < -0.3 is 10.6 Å². The standard InChI is InChI=1S/C12H19N3S/c1-2-11(13)12-4-3-10(9-14-12)15-5-7-16-8-6-15/h3-4,9,11H,2,5-8,13H2,1H3/t11-/m0/s1. The molecule has 3 nitrogen and oxygen atoms in total. The molecule has 1 saturated heterocycles. The topological polar surface area (TPSA) is 42.1 Å². The third kappa shape index (κ3) is 2.68. The fourth-order valence-electron chi connectivity index (χ4n) is 1.83. The van der Waals surface area contributed by atoms with Crippen LogP contribution in [0.3, 0.4) is 0 Å². The van der Waals surface area contributed by atoms with Gasteiger partial charge in [0.2, 0.25) is 0 Å². The molecule has 1 aromatic rings. The minimum Gasteiger partial charge on any atom is -0.369 e. The molecule has 0 bridgehead atoms. The van der Waals surface area contributed by atoms with Crippen LogP contribution in [-0.4, -0.2) is 29.6 Å². The van der Waals surface area contributed by atoms with Gasteiger partial charge in [0.25, 0.3) is 0 Å². The summed E-state index contributed by atoms with van der Waals surface area (Å²) in [5.74, 6) is 2.44. The maximum absolute atomic E-state index is 5.94. The average molecular weight is 237 g/mol. The third-order valence-corrected chi connectivity index (χ3v) is 3.91. The first-order valence-electron chi connectivity index (χ1n) is 5.85. The van der Waals surface area contributed by atoms with Crippen molar-refractivity contribution in [3.05, 3.63) is 24.0 Å². The van der Waals surface area contributed by atoms with Gasteiger partial charge in [-0.2, -0.15) is 11.8 Å². The van der Waals surface area contributed by atoms with Crippen LogP contribution in [0.1, 0.15) is 25.1 Å². The van der Waals surface area contributed by atoms with E-state index in [1.165, 1.54) is 17.2 Å². The zero-order chi connectivity index (χ0) is 11.4. The first kappa shape index (κ1) is 11.7. The first-order valence-corrected chi connectivity index (χ1v) is 7.01. The highest BCUT2D eigenvalue weighted by atomic mass is 32.2. The molecule has 0 aromatic carbocycles. The van der Waals surface area contributed by atoms with Gasteiger partial charge >= 0.3 is 0 Å². The number of pyridine rings is 1. The Kier molecular flexibility index (Phi) is 4.07. The van der Waals surface area contributed by atoms with Crippen LogP contribution in [-0.2, 0) is 0 Å². The van der Waals surface area contributed by atoms with Crippen molar-refractivity contribution in [2.75, 3.05) is 29.5 Å². The molecule has 0 radical (unpaired) electrons. The molecule has 1 aliphatic rings. The van der Waals surface area contributed by atoms with Gasteiger partial charge in [-0.3, -0.25) is 4.98 Å². The second-order valence-corrected chi connectivity index (χ2v) is 5.28. The van der Waals surface area contributed by atoms with Crippen molar-refractivity contribution in [1.82, 2.24) is 4.98 Å². The predicted molar refractivity (Wildman–Crippen MR) is 71.0 cm³/mol. The molecule has 0 spiro atoms. The molecule has 0 amide bonds. The average Bonchev–Trinajstić information content (AvgIpc) is 2.39. The van der Waals surface area contributed by atoms with Crippen LogP contribution in [0.5, 0.6) is 0 Å². The molecule has 16 heavy (non-hydrogen) atoms. The van der Waals surface area contributed by atoms with E-state index in [0.717, 1.165) is 25.2 Å². The van der Waals surface area contributed by atoms with E-state index in [-0.39, 0.29) is 6.04 Å². The van der Waals surface area contributed by atoms with Gasteiger partial charge in [0.15, 0.2) is 0 Å². The summed E-state index contributed by atoms with van der Waals surface area (Å²) in [6, 6.07) is 4.28. The number of thioether (sulfide) groups is 1. The molecule has 88 valence electrons. The molecule has 0 unspecified atom stereocenters. The highest BCUT2D eigenvalue weighted by Gasteiger charge is 2.12. The van der Waals surface area contributed by atoms with Crippen molar-refractivity contribution < 1.29 is 0 Å². The SMILES string of the molecule is CC[C@H](N)c1ccc(N2CCSCC2)cn1. The van der Waals surface area contributed by atoms with Gasteiger partial charge in [-0.05, 0) is 18.6 Å². The van der Waals surface area contributed by atoms with Crippen molar-refractivity contribution in [3.8, 4) is 0 Å². The molecule has 0 aliphatic carbocycles. The molecule has 2 N–H and O–H groups in total. The number of anilines is 1. The van der Waals surface area contributed by atoms with E-state index >= 15 is 0 Å². The van der Waals surface area contributed by atoms with Gasteiger partial charge in [0.1, 0.15) is 0 Å². The number of hydrogen-bond acceptors (Lipinski definition) is 4. The Bertz CT molecular complexity index is 320. The zero-order valence-electron chi connectivity index (χ0n) is 9.72. The number of nitrogens with two attached hydrogens (primary N) is 1. The largest absolute Gasteiger partial charge is 0.369 e. The fraction of sp³-hybridized carbons (Fsp3) is 0.583. The van der Waals surface area contributed by atoms with E-state index in [0.29, 0.717) is 0 Å². The Morgan fingerprint density at radius 2 is 2.19 bits per heavy atom. The second kappa shape index (κ2) is 5.55. The lowest BCUT2D eigenvalue weighted by molar-refractivity contribution is 0.675. The van der Waals surface area contributed by atoms with Crippen molar-refractivity contribution in [2.45, 2.75) is 19.4 Å². The number of hydrogen-bond donors (Lipinski definition) is 1. The van der Waals surface area contributed by atoms with Gasteiger partial charge in [-0.25, -0.2) is 0 Å². The van der Waals surface area contributed by atoms with Gasteiger partial charge in [-0.15, -0.1) is 0 Å². The van der Waals surface area contributed by atoms with Crippen LogP contribution in [0.2, 0.25) is 0 Å². The van der Waals surface area contributed by atoms with Crippen LogP contribution < -0.4 is 10.6 Å². The summed E-state index contributed by atoms with van der Waals surface area (Å²) in [5, 5.41) is 0. The molecule has 2 heterocycles. The van der Waals surface area contributed by atoms with E-state index in [2.05, 4.69) is 28.9 Å². The Balaban J connectivity index is 2.06. The van der Waals surface area contributed by atoms with E-state index in [1.54, 1.807) is 0 Å². The quantitative estimate of drug-likeness (QED) is 0.873. The van der Waals surface area contributed by atoms with E-state index < -0.39 is 0 Å². The fourth-order valence-corrected chi connectivity index (χ4v) is 2.74. The molecule has 1 atom stereocenters. The van der Waals surface area contributed by atoms with Crippen molar-refractivity contribution in [2.24, 2.45) is 5.73 Å². The second-order valence-electron chi connectivity index (χ2n) is 4.06. The summed E-state index contributed by atoms with van der Waals surface area (Å²) in [4.78, 5) is 6.84. The van der Waals surface area contributed by atoms with Crippen molar-refractivity contribution >= 4 is 17.4 Å². The Hall–Kier alpha value is -0.740. The summed E-state index contributed by atoms with van der Waals surface area (Å²) in [5.41, 5.74) is 8.17. The van der Waals surface area contributed by atoms with Crippen molar-refractivity contribution in [3.63, 3.8) is 0 Å². The van der Waals surface area contributed by atoms with Gasteiger partial charge in [0.05, 0.1) is 17.6 Å². The van der Waals surface area contributed by atoms with Crippen LogP contribution in [0.4, 0.5) is 5.69 Å². The summed E-state index contributed by atoms with van der Waals surface area (Å²) in [7, 11) is 0. The van der Waals surface area contributed by atoms with E-state index in [1.807, 2.05) is 18.0 Å². The van der Waals surface area contributed by atoms with Gasteiger partial charge in [-0.1, -0.05) is 6.92 Å². The predicted octanol–water partition coefficient (Wildman–Crippen LogP) is 2.04.